The molecule has 108 valence electrons. The first-order valence-corrected chi connectivity index (χ1v) is 7.28. The maximum absolute atomic E-state index is 10.5. The summed E-state index contributed by atoms with van der Waals surface area (Å²) in [6, 6.07) is 0. The Morgan fingerprint density at radius 1 is 1.40 bits per heavy atom. The van der Waals surface area contributed by atoms with Crippen LogP contribution < -0.4 is 0 Å². The van der Waals surface area contributed by atoms with E-state index in [-0.39, 0.29) is 11.8 Å². The summed E-state index contributed by atoms with van der Waals surface area (Å²) in [5.41, 5.74) is 1.70. The normalized spacial score (nSPS) is 11.8. The average Bonchev–Trinajstić information content (AvgIpc) is 2.95. The van der Waals surface area contributed by atoms with Gasteiger partial charge in [-0.3, -0.25) is 4.79 Å². The molecule has 0 aliphatic heterocycles. The van der Waals surface area contributed by atoms with Crippen molar-refractivity contribution >= 4 is 17.3 Å². The number of rotatable bonds is 5. The number of carboxylic acid groups (broad SMARTS) is 1. The van der Waals surface area contributed by atoms with Crippen LogP contribution in [-0.2, 0) is 23.2 Å². The summed E-state index contributed by atoms with van der Waals surface area (Å²) in [6.45, 7) is 6.96. The van der Waals surface area contributed by atoms with Crippen molar-refractivity contribution < 1.29 is 9.90 Å². The zero-order valence-corrected chi connectivity index (χ0v) is 12.6. The summed E-state index contributed by atoms with van der Waals surface area (Å²) < 4.78 is 1.69. The van der Waals surface area contributed by atoms with E-state index in [1.165, 1.54) is 0 Å². The highest BCUT2D eigenvalue weighted by atomic mass is 32.1. The van der Waals surface area contributed by atoms with E-state index in [2.05, 4.69) is 36.1 Å². The Morgan fingerprint density at radius 2 is 2.15 bits per heavy atom. The monoisotopic (exact) mass is 294 g/mol. The minimum atomic E-state index is -0.825. The van der Waals surface area contributed by atoms with Crippen LogP contribution >= 0.6 is 11.3 Å². The standard InChI is InChI=1S/C13H18N4O2S/c1-13(2,3)12-14-10(8-20-12)7-17-6-9(15-16-17)4-5-11(18)19/h6,8H,4-5,7H2,1-3H3,(H,18,19). The molecule has 0 saturated carbocycles. The SMILES string of the molecule is CC(C)(C)c1nc(Cn2cc(CCC(=O)O)nn2)cs1. The molecule has 0 fully saturated rings. The first-order chi connectivity index (χ1) is 9.34. The predicted octanol–water partition coefficient (Wildman–Crippen LogP) is 2.10. The van der Waals surface area contributed by atoms with Crippen molar-refractivity contribution in [2.75, 3.05) is 0 Å². The van der Waals surface area contributed by atoms with Crippen LogP contribution in [-0.4, -0.2) is 31.1 Å². The van der Waals surface area contributed by atoms with Crippen molar-refractivity contribution in [3.8, 4) is 0 Å². The van der Waals surface area contributed by atoms with Crippen LogP contribution in [0.5, 0.6) is 0 Å². The van der Waals surface area contributed by atoms with Crippen LogP contribution in [0.2, 0.25) is 0 Å². The van der Waals surface area contributed by atoms with Crippen LogP contribution in [0.4, 0.5) is 0 Å². The maximum Gasteiger partial charge on any atom is 0.303 e. The smallest absolute Gasteiger partial charge is 0.303 e. The number of aryl methyl sites for hydroxylation is 1. The first kappa shape index (κ1) is 14.6. The highest BCUT2D eigenvalue weighted by Gasteiger charge is 2.18. The topological polar surface area (TPSA) is 80.9 Å². The maximum atomic E-state index is 10.5. The van der Waals surface area contributed by atoms with Crippen molar-refractivity contribution in [3.05, 3.63) is 28.0 Å². The Kier molecular flexibility index (Phi) is 4.17. The van der Waals surface area contributed by atoms with Gasteiger partial charge in [-0.1, -0.05) is 26.0 Å². The third-order valence-corrected chi connectivity index (χ3v) is 4.02. The third kappa shape index (κ3) is 3.86. The molecule has 0 aliphatic rings. The molecule has 0 bridgehead atoms. The van der Waals surface area contributed by atoms with Gasteiger partial charge in [0.15, 0.2) is 0 Å². The molecule has 0 amide bonds. The van der Waals surface area contributed by atoms with Crippen LogP contribution in [0.3, 0.4) is 0 Å². The molecule has 2 rings (SSSR count). The van der Waals surface area contributed by atoms with Crippen LogP contribution in [0.1, 0.15) is 43.6 Å². The van der Waals surface area contributed by atoms with E-state index in [4.69, 9.17) is 5.11 Å². The lowest BCUT2D eigenvalue weighted by Crippen LogP contribution is -2.11. The molecule has 2 heterocycles. The van der Waals surface area contributed by atoms with Gasteiger partial charge in [0.1, 0.15) is 0 Å². The van der Waals surface area contributed by atoms with Gasteiger partial charge in [-0.15, -0.1) is 16.4 Å². The molecule has 1 N–H and O–H groups in total. The van der Waals surface area contributed by atoms with E-state index >= 15 is 0 Å². The molecule has 20 heavy (non-hydrogen) atoms. The number of carboxylic acids is 1. The number of aromatic nitrogens is 4. The van der Waals surface area contributed by atoms with Gasteiger partial charge < -0.3 is 5.11 Å². The first-order valence-electron chi connectivity index (χ1n) is 6.40. The summed E-state index contributed by atoms with van der Waals surface area (Å²) >= 11 is 1.65. The Bertz CT molecular complexity index is 598. The number of hydrogen-bond acceptors (Lipinski definition) is 5. The third-order valence-electron chi connectivity index (χ3n) is 2.70. The highest BCUT2D eigenvalue weighted by molar-refractivity contribution is 7.09. The minimum absolute atomic E-state index is 0.0535. The number of thiazole rings is 1. The van der Waals surface area contributed by atoms with Crippen LogP contribution in [0.15, 0.2) is 11.6 Å². The van der Waals surface area contributed by atoms with Crippen LogP contribution in [0.25, 0.3) is 0 Å². The van der Waals surface area contributed by atoms with Gasteiger partial charge in [0.2, 0.25) is 0 Å². The van der Waals surface area contributed by atoms with E-state index in [1.54, 1.807) is 22.2 Å². The molecular formula is C13H18N4O2S. The largest absolute Gasteiger partial charge is 0.481 e. The Balaban J connectivity index is 2.00. The summed E-state index contributed by atoms with van der Waals surface area (Å²) in [4.78, 5) is 15.1. The lowest BCUT2D eigenvalue weighted by molar-refractivity contribution is -0.136. The zero-order valence-electron chi connectivity index (χ0n) is 11.8. The van der Waals surface area contributed by atoms with Crippen molar-refractivity contribution in [1.82, 2.24) is 20.0 Å². The second kappa shape index (κ2) is 5.70. The summed E-state index contributed by atoms with van der Waals surface area (Å²) in [6.07, 6.45) is 2.25. The van der Waals surface area contributed by atoms with E-state index in [9.17, 15) is 4.79 Å². The number of hydrogen-bond donors (Lipinski definition) is 1. The van der Waals surface area contributed by atoms with Gasteiger partial charge in [-0.05, 0) is 0 Å². The number of carbonyl (C=O) groups is 1. The lowest BCUT2D eigenvalue weighted by Gasteiger charge is -2.13. The minimum Gasteiger partial charge on any atom is -0.481 e. The van der Waals surface area contributed by atoms with Gasteiger partial charge in [-0.25, -0.2) is 9.67 Å². The van der Waals surface area contributed by atoms with Gasteiger partial charge >= 0.3 is 5.97 Å². The van der Waals surface area contributed by atoms with Crippen molar-refractivity contribution in [2.24, 2.45) is 0 Å². The van der Waals surface area contributed by atoms with Crippen molar-refractivity contribution in [2.45, 2.75) is 45.6 Å². The van der Waals surface area contributed by atoms with Gasteiger partial charge in [0.25, 0.3) is 0 Å². The second-order valence-corrected chi connectivity index (χ2v) is 6.55. The summed E-state index contributed by atoms with van der Waals surface area (Å²) in [5.74, 6) is -0.825. The van der Waals surface area contributed by atoms with Gasteiger partial charge in [0.05, 0.1) is 29.4 Å². The number of aliphatic carboxylic acids is 1. The molecule has 6 nitrogen and oxygen atoms in total. The molecule has 0 aromatic carbocycles. The second-order valence-electron chi connectivity index (χ2n) is 5.70. The molecule has 0 unspecified atom stereocenters. The molecule has 0 atom stereocenters. The van der Waals surface area contributed by atoms with Crippen LogP contribution in [0, 0.1) is 0 Å². The molecular weight excluding hydrogens is 276 g/mol. The van der Waals surface area contributed by atoms with Gasteiger partial charge in [-0.2, -0.15) is 0 Å². The summed E-state index contributed by atoms with van der Waals surface area (Å²) in [7, 11) is 0. The molecule has 0 saturated heterocycles. The quantitative estimate of drug-likeness (QED) is 0.913. The van der Waals surface area contributed by atoms with Crippen molar-refractivity contribution in [1.29, 1.82) is 0 Å². The van der Waals surface area contributed by atoms with Gasteiger partial charge in [0, 0.05) is 23.4 Å². The summed E-state index contributed by atoms with van der Waals surface area (Å²) in [5, 5.41) is 19.7. The van der Waals surface area contributed by atoms with E-state index in [0.717, 1.165) is 10.7 Å². The fourth-order valence-electron chi connectivity index (χ4n) is 1.66. The van der Waals surface area contributed by atoms with E-state index in [0.29, 0.717) is 18.7 Å². The Labute approximate surface area is 121 Å². The molecule has 0 spiro atoms. The highest BCUT2D eigenvalue weighted by Crippen LogP contribution is 2.25. The number of nitrogens with zero attached hydrogens (tertiary/aromatic N) is 4. The fourth-order valence-corrected chi connectivity index (χ4v) is 2.55. The molecule has 2 aromatic heterocycles. The van der Waals surface area contributed by atoms with E-state index in [1.807, 2.05) is 5.38 Å². The molecule has 0 aliphatic carbocycles. The van der Waals surface area contributed by atoms with Crippen molar-refractivity contribution in [3.63, 3.8) is 0 Å². The van der Waals surface area contributed by atoms with E-state index < -0.39 is 5.97 Å². The Morgan fingerprint density at radius 3 is 2.75 bits per heavy atom. The molecule has 2 aromatic rings. The molecule has 0 radical (unpaired) electrons. The molecule has 7 heteroatoms. The zero-order chi connectivity index (χ0) is 14.8. The predicted molar refractivity (Wildman–Crippen MR) is 75.9 cm³/mol. The lowest BCUT2D eigenvalue weighted by atomic mass is 9.98. The average molecular weight is 294 g/mol. The fraction of sp³-hybridized carbons (Fsp3) is 0.538. The Hall–Kier alpha value is -1.76.